The van der Waals surface area contributed by atoms with Crippen molar-refractivity contribution in [1.82, 2.24) is 19.9 Å². The molecule has 0 amide bonds. The zero-order valence-corrected chi connectivity index (χ0v) is 47.3. The minimum Gasteiger partial charge on any atom is -0.656 e. The number of benzene rings is 8. The second-order valence-corrected chi connectivity index (χ2v) is 24.8. The number of rotatable bonds is 2. The van der Waals surface area contributed by atoms with Gasteiger partial charge in [-0.1, -0.05) is 204 Å². The Hall–Kier alpha value is -6.94. The van der Waals surface area contributed by atoms with Crippen molar-refractivity contribution in [3.05, 3.63) is 166 Å². The molecular formula is C68H60N4Zn. The maximum atomic E-state index is 5.85. The quantitative estimate of drug-likeness (QED) is 0.162. The summed E-state index contributed by atoms with van der Waals surface area (Å²) in [7, 11) is 0. The predicted molar refractivity (Wildman–Crippen MR) is 310 cm³/mol. The van der Waals surface area contributed by atoms with Crippen LogP contribution >= 0.6 is 0 Å². The first-order valence-corrected chi connectivity index (χ1v) is 25.7. The average molecular weight is 999 g/mol. The van der Waals surface area contributed by atoms with E-state index in [1.54, 1.807) is 0 Å². The molecule has 0 saturated heterocycles. The van der Waals surface area contributed by atoms with Gasteiger partial charge in [0, 0.05) is 0 Å². The van der Waals surface area contributed by atoms with Gasteiger partial charge < -0.3 is 9.97 Å². The summed E-state index contributed by atoms with van der Waals surface area (Å²) in [5.41, 5.74) is 16.2. The monoisotopic (exact) mass is 996 g/mol. The summed E-state index contributed by atoms with van der Waals surface area (Å²) in [5.74, 6) is 0. The second kappa shape index (κ2) is 16.0. The van der Waals surface area contributed by atoms with E-state index in [1.807, 2.05) is 0 Å². The smallest absolute Gasteiger partial charge is 0.656 e. The molecule has 4 nitrogen and oxygen atoms in total. The molecule has 8 bridgehead atoms. The third-order valence-electron chi connectivity index (χ3n) is 15.7. The summed E-state index contributed by atoms with van der Waals surface area (Å²) in [6.45, 7) is 27.7. The topological polar surface area (TPSA) is 54.0 Å². The molecule has 0 aliphatic carbocycles. The van der Waals surface area contributed by atoms with Gasteiger partial charge in [-0.05, 0) is 155 Å². The fraction of sp³-hybridized carbons (Fsp3) is 0.235. The van der Waals surface area contributed by atoms with E-state index in [9.17, 15) is 0 Å². The number of nitrogens with zero attached hydrogens (tertiary/aromatic N) is 4. The molecule has 0 atom stereocenters. The summed E-state index contributed by atoms with van der Waals surface area (Å²) in [4.78, 5) is 23.3. The molecule has 0 radical (unpaired) electrons. The van der Waals surface area contributed by atoms with Crippen molar-refractivity contribution in [3.8, 4) is 22.3 Å². The molecule has 5 heterocycles. The van der Waals surface area contributed by atoms with Gasteiger partial charge in [-0.3, -0.25) is 0 Å². The van der Waals surface area contributed by atoms with Gasteiger partial charge in [0.05, 0.1) is 22.8 Å². The summed E-state index contributed by atoms with van der Waals surface area (Å²) in [6.07, 6.45) is 8.89. The standard InChI is InChI=1S/C68H60N4.Zn/c1-65(2,3)41-29-39(30-42(33-41)66(4,5)6)59-51-25-27-53(69-51)61-47-23-15-20-38-18-14-22-46(58(38)47)50-36-56(72-64(50)61)60(40-31-43(67(7,8)9)34-44(32-40)68(10,11)12)52-26-28-54(70-52)62-48-24-16-19-37-17-13-21-45(57(37)48)49-35-55(59)71-63(49)62;/h13-36H,1-12H3;/q-2;+2. The van der Waals surface area contributed by atoms with Gasteiger partial charge in [0.25, 0.3) is 0 Å². The van der Waals surface area contributed by atoms with E-state index in [0.29, 0.717) is 0 Å². The zero-order valence-electron chi connectivity index (χ0n) is 44.4. The molecule has 3 aromatic heterocycles. The van der Waals surface area contributed by atoms with Gasteiger partial charge in [0.15, 0.2) is 0 Å². The summed E-state index contributed by atoms with van der Waals surface area (Å²) >= 11 is 0. The van der Waals surface area contributed by atoms with Crippen molar-refractivity contribution >= 4 is 111 Å². The Morgan fingerprint density at radius 3 is 0.973 bits per heavy atom. The Morgan fingerprint density at radius 2 is 0.644 bits per heavy atom. The number of hydrogen-bond donors (Lipinski definition) is 0. The van der Waals surface area contributed by atoms with Crippen LogP contribution in [0, 0.1) is 0 Å². The molecule has 73 heavy (non-hydrogen) atoms. The van der Waals surface area contributed by atoms with Crippen molar-refractivity contribution < 1.29 is 19.5 Å². The van der Waals surface area contributed by atoms with Gasteiger partial charge >= 0.3 is 19.5 Å². The minimum atomic E-state index is -0.0998. The van der Waals surface area contributed by atoms with E-state index in [2.05, 4.69) is 229 Å². The van der Waals surface area contributed by atoms with Crippen LogP contribution in [0.25, 0.3) is 133 Å². The van der Waals surface area contributed by atoms with Crippen LogP contribution in [-0.2, 0) is 41.1 Å². The van der Waals surface area contributed by atoms with E-state index in [4.69, 9.17) is 19.9 Å². The number of fused-ring (bicyclic) bond motifs is 12. The minimum absolute atomic E-state index is 0. The Labute approximate surface area is 441 Å². The Bertz CT molecular complexity index is 4000. The molecule has 5 heteroatoms. The fourth-order valence-electron chi connectivity index (χ4n) is 11.6. The van der Waals surface area contributed by atoms with Crippen LogP contribution in [0.2, 0.25) is 0 Å². The zero-order chi connectivity index (χ0) is 50.0. The first-order valence-electron chi connectivity index (χ1n) is 25.7. The first kappa shape index (κ1) is 47.1. The van der Waals surface area contributed by atoms with E-state index in [0.717, 1.165) is 99.4 Å². The molecule has 2 aliphatic rings. The maximum absolute atomic E-state index is 5.85. The van der Waals surface area contributed by atoms with E-state index in [-0.39, 0.29) is 41.1 Å². The SMILES string of the molecule is CC(C)(C)c1cc(-c2c3nc(c4c5cccc6cccc(c7cc([n-]c74)c(-c4cc(C(C)(C)C)cc(C(C)(C)C)c4)c4nc(c7c8cccc9cccc(c%10cc2[n-]c%107)c98)C=C4)c65)C=C3)cc(C(C)(C)C)c1.[Zn+2]. The molecule has 0 saturated carbocycles. The van der Waals surface area contributed by atoms with Crippen molar-refractivity contribution in [2.24, 2.45) is 0 Å². The summed E-state index contributed by atoms with van der Waals surface area (Å²) < 4.78 is 0. The van der Waals surface area contributed by atoms with Crippen LogP contribution in [0.1, 0.15) is 128 Å². The normalized spacial score (nSPS) is 13.5. The predicted octanol–water partition coefficient (Wildman–Crippen LogP) is 18.2. The summed E-state index contributed by atoms with van der Waals surface area (Å²) in [5, 5.41) is 13.8. The van der Waals surface area contributed by atoms with Gasteiger partial charge in [-0.15, -0.1) is 22.1 Å². The van der Waals surface area contributed by atoms with Crippen LogP contribution in [-0.4, -0.2) is 9.97 Å². The number of aromatic nitrogens is 4. The molecule has 0 N–H and O–H groups in total. The molecule has 8 aromatic carbocycles. The third kappa shape index (κ3) is 7.39. The van der Waals surface area contributed by atoms with Crippen LogP contribution in [0.15, 0.2) is 121 Å². The molecule has 11 aromatic rings. The Kier molecular flexibility index (Phi) is 10.3. The molecule has 2 aliphatic heterocycles. The second-order valence-electron chi connectivity index (χ2n) is 24.8. The third-order valence-corrected chi connectivity index (χ3v) is 15.7. The van der Waals surface area contributed by atoms with Gasteiger partial charge in [-0.25, -0.2) is 9.97 Å². The van der Waals surface area contributed by atoms with Gasteiger partial charge in [-0.2, -0.15) is 0 Å². The molecular weight excluding hydrogens is 938 g/mol. The maximum Gasteiger partial charge on any atom is 2.00 e. The van der Waals surface area contributed by atoms with Crippen LogP contribution in [0.3, 0.4) is 0 Å². The Balaban J connectivity index is 0.00000543. The number of hydrogen-bond acceptors (Lipinski definition) is 2. The van der Waals surface area contributed by atoms with E-state index < -0.39 is 0 Å². The molecule has 0 unspecified atom stereocenters. The van der Waals surface area contributed by atoms with Crippen molar-refractivity contribution in [1.29, 1.82) is 0 Å². The first-order chi connectivity index (χ1) is 34.2. The van der Waals surface area contributed by atoms with Crippen molar-refractivity contribution in [2.45, 2.75) is 105 Å². The van der Waals surface area contributed by atoms with E-state index in [1.165, 1.54) is 54.6 Å². The van der Waals surface area contributed by atoms with Crippen LogP contribution < -0.4 is 9.97 Å². The Morgan fingerprint density at radius 1 is 0.329 bits per heavy atom. The molecule has 0 fully saturated rings. The van der Waals surface area contributed by atoms with Gasteiger partial charge in [0.1, 0.15) is 0 Å². The van der Waals surface area contributed by atoms with Crippen LogP contribution in [0.4, 0.5) is 0 Å². The van der Waals surface area contributed by atoms with Crippen molar-refractivity contribution in [3.63, 3.8) is 0 Å². The van der Waals surface area contributed by atoms with Crippen LogP contribution in [0.5, 0.6) is 0 Å². The largest absolute Gasteiger partial charge is 2.00 e. The molecule has 0 spiro atoms. The molecule has 354 valence electrons. The van der Waals surface area contributed by atoms with E-state index >= 15 is 0 Å². The van der Waals surface area contributed by atoms with Crippen molar-refractivity contribution in [2.75, 3.05) is 0 Å². The van der Waals surface area contributed by atoms with Gasteiger partial charge in [0.2, 0.25) is 0 Å². The summed E-state index contributed by atoms with van der Waals surface area (Å²) in [6, 6.07) is 45.8. The fourth-order valence-corrected chi connectivity index (χ4v) is 11.6. The average Bonchev–Trinajstić information content (AvgIpc) is 4.17. The molecule has 13 rings (SSSR count).